The lowest BCUT2D eigenvalue weighted by molar-refractivity contribution is -0.116. The standard InChI is InChI=1S/C25H30ClN5O3/c1-6-30(24(33)27-17-11-13-18(34-5)14-12-17)16-23(32)28-22-15-21(25(2,3)4)29-31(22)20-10-8-7-9-19(20)26/h7-15H,6,16H2,1-5H3,(H,27,33)(H,28,32). The summed E-state index contributed by atoms with van der Waals surface area (Å²) >= 11 is 6.39. The monoisotopic (exact) mass is 483 g/mol. The molecule has 2 aromatic carbocycles. The van der Waals surface area contributed by atoms with Crippen molar-refractivity contribution in [1.29, 1.82) is 0 Å². The number of halogens is 1. The van der Waals surface area contributed by atoms with Gasteiger partial charge in [0.2, 0.25) is 5.91 Å². The fourth-order valence-corrected chi connectivity index (χ4v) is 3.42. The molecule has 34 heavy (non-hydrogen) atoms. The van der Waals surface area contributed by atoms with E-state index in [1.807, 2.05) is 52.0 Å². The molecule has 0 fully saturated rings. The highest BCUT2D eigenvalue weighted by Crippen LogP contribution is 2.29. The summed E-state index contributed by atoms with van der Waals surface area (Å²) in [7, 11) is 1.58. The number of hydrogen-bond acceptors (Lipinski definition) is 4. The first kappa shape index (κ1) is 25.1. The minimum absolute atomic E-state index is 0.128. The number of carbonyl (C=O) groups excluding carboxylic acids is 2. The van der Waals surface area contributed by atoms with E-state index in [2.05, 4.69) is 15.7 Å². The third kappa shape index (κ3) is 6.08. The molecule has 0 aliphatic carbocycles. The van der Waals surface area contributed by atoms with Gasteiger partial charge in [-0.25, -0.2) is 9.48 Å². The molecule has 2 N–H and O–H groups in total. The summed E-state index contributed by atoms with van der Waals surface area (Å²) in [5, 5.41) is 10.9. The molecule has 9 heteroatoms. The van der Waals surface area contributed by atoms with Crippen molar-refractivity contribution < 1.29 is 14.3 Å². The van der Waals surface area contributed by atoms with E-state index in [9.17, 15) is 9.59 Å². The molecule has 3 aromatic rings. The number of ether oxygens (including phenoxy) is 1. The summed E-state index contributed by atoms with van der Waals surface area (Å²) in [5.41, 5.74) is 1.82. The van der Waals surface area contributed by atoms with E-state index in [4.69, 9.17) is 16.3 Å². The maximum atomic E-state index is 12.9. The zero-order chi connectivity index (χ0) is 24.9. The molecule has 8 nitrogen and oxygen atoms in total. The zero-order valence-corrected chi connectivity index (χ0v) is 20.8. The van der Waals surface area contributed by atoms with Gasteiger partial charge in [-0.1, -0.05) is 44.5 Å². The molecule has 0 aliphatic rings. The Labute approximate surface area is 204 Å². The summed E-state index contributed by atoms with van der Waals surface area (Å²) in [6.45, 7) is 8.16. The molecule has 0 spiro atoms. The Morgan fingerprint density at radius 1 is 1.09 bits per heavy atom. The lowest BCUT2D eigenvalue weighted by Gasteiger charge is -2.21. The molecular weight excluding hydrogens is 454 g/mol. The van der Waals surface area contributed by atoms with E-state index in [1.54, 1.807) is 42.1 Å². The number of rotatable bonds is 7. The van der Waals surface area contributed by atoms with Crippen LogP contribution in [0.2, 0.25) is 5.02 Å². The zero-order valence-electron chi connectivity index (χ0n) is 20.1. The van der Waals surface area contributed by atoms with Crippen molar-refractivity contribution in [3.63, 3.8) is 0 Å². The first-order valence-electron chi connectivity index (χ1n) is 11.0. The normalized spacial score (nSPS) is 11.1. The third-order valence-corrected chi connectivity index (χ3v) is 5.49. The van der Waals surface area contributed by atoms with Crippen molar-refractivity contribution in [1.82, 2.24) is 14.7 Å². The number of para-hydroxylation sites is 1. The van der Waals surface area contributed by atoms with Crippen molar-refractivity contribution in [3.05, 3.63) is 65.3 Å². The van der Waals surface area contributed by atoms with Crippen molar-refractivity contribution in [2.75, 3.05) is 30.8 Å². The summed E-state index contributed by atoms with van der Waals surface area (Å²) < 4.78 is 6.75. The maximum absolute atomic E-state index is 12.9. The Morgan fingerprint density at radius 2 is 1.76 bits per heavy atom. The van der Waals surface area contributed by atoms with Gasteiger partial charge in [0.05, 0.1) is 23.5 Å². The number of benzene rings is 2. The van der Waals surface area contributed by atoms with Gasteiger partial charge in [0.25, 0.3) is 0 Å². The topological polar surface area (TPSA) is 88.5 Å². The maximum Gasteiger partial charge on any atom is 0.322 e. The van der Waals surface area contributed by atoms with Crippen LogP contribution < -0.4 is 15.4 Å². The van der Waals surface area contributed by atoms with Crippen LogP contribution in [-0.4, -0.2) is 46.8 Å². The quantitative estimate of drug-likeness (QED) is 0.475. The number of amides is 3. The van der Waals surface area contributed by atoms with Gasteiger partial charge in [0, 0.05) is 23.7 Å². The number of hydrogen-bond donors (Lipinski definition) is 2. The number of anilines is 2. The van der Waals surface area contributed by atoms with Crippen molar-refractivity contribution in [3.8, 4) is 11.4 Å². The van der Waals surface area contributed by atoms with Gasteiger partial charge in [0.15, 0.2) is 0 Å². The number of carbonyl (C=O) groups is 2. The van der Waals surface area contributed by atoms with Crippen molar-refractivity contribution >= 4 is 35.0 Å². The van der Waals surface area contributed by atoms with Crippen molar-refractivity contribution in [2.24, 2.45) is 0 Å². The summed E-state index contributed by atoms with van der Waals surface area (Å²) in [4.78, 5) is 27.1. The van der Waals surface area contributed by atoms with Crippen molar-refractivity contribution in [2.45, 2.75) is 33.1 Å². The van der Waals surface area contributed by atoms with E-state index in [-0.39, 0.29) is 23.9 Å². The molecule has 3 amide bonds. The first-order valence-corrected chi connectivity index (χ1v) is 11.4. The Morgan fingerprint density at radius 3 is 2.35 bits per heavy atom. The molecule has 0 atom stereocenters. The number of methoxy groups -OCH3 is 1. The molecular formula is C25H30ClN5O3. The van der Waals surface area contributed by atoms with Crippen LogP contribution in [0.4, 0.5) is 16.3 Å². The average Bonchev–Trinajstić information content (AvgIpc) is 3.22. The fourth-order valence-electron chi connectivity index (χ4n) is 3.20. The van der Waals surface area contributed by atoms with Crippen LogP contribution in [0.1, 0.15) is 33.4 Å². The number of likely N-dealkylation sites (N-methyl/N-ethyl adjacent to an activating group) is 1. The van der Waals surface area contributed by atoms with E-state index >= 15 is 0 Å². The Kier molecular flexibility index (Phi) is 7.83. The van der Waals surface area contributed by atoms with E-state index in [0.717, 1.165) is 5.69 Å². The molecule has 1 aromatic heterocycles. The second-order valence-electron chi connectivity index (χ2n) is 8.75. The molecule has 1 heterocycles. The number of nitrogens with zero attached hydrogens (tertiary/aromatic N) is 3. The van der Waals surface area contributed by atoms with E-state index in [1.165, 1.54) is 4.90 Å². The van der Waals surface area contributed by atoms with Crippen LogP contribution in [0.25, 0.3) is 5.69 Å². The minimum atomic E-state index is -0.377. The first-order chi connectivity index (χ1) is 16.1. The molecule has 0 unspecified atom stereocenters. The highest BCUT2D eigenvalue weighted by atomic mass is 35.5. The largest absolute Gasteiger partial charge is 0.497 e. The van der Waals surface area contributed by atoms with E-state index in [0.29, 0.717) is 34.5 Å². The Balaban J connectivity index is 1.76. The minimum Gasteiger partial charge on any atom is -0.497 e. The third-order valence-electron chi connectivity index (χ3n) is 5.17. The predicted octanol–water partition coefficient (Wildman–Crippen LogP) is 5.32. The van der Waals surface area contributed by atoms with Crippen LogP contribution in [0.3, 0.4) is 0 Å². The van der Waals surface area contributed by atoms with Gasteiger partial charge in [-0.2, -0.15) is 5.10 Å². The smallest absolute Gasteiger partial charge is 0.322 e. The molecule has 0 bridgehead atoms. The van der Waals surface area contributed by atoms with Gasteiger partial charge in [0.1, 0.15) is 18.1 Å². The predicted molar refractivity (Wildman–Crippen MR) is 135 cm³/mol. The van der Waals surface area contributed by atoms with E-state index < -0.39 is 0 Å². The van der Waals surface area contributed by atoms with Crippen LogP contribution in [-0.2, 0) is 10.2 Å². The fraction of sp³-hybridized carbons (Fsp3) is 0.320. The van der Waals surface area contributed by atoms with Gasteiger partial charge in [-0.3, -0.25) is 4.79 Å². The SMILES string of the molecule is CCN(CC(=O)Nc1cc(C(C)(C)C)nn1-c1ccccc1Cl)C(=O)Nc1ccc(OC)cc1. The van der Waals surface area contributed by atoms with Gasteiger partial charge in [-0.15, -0.1) is 0 Å². The van der Waals surface area contributed by atoms with Crippen LogP contribution in [0.15, 0.2) is 54.6 Å². The molecule has 0 radical (unpaired) electrons. The second-order valence-corrected chi connectivity index (χ2v) is 9.16. The lowest BCUT2D eigenvalue weighted by Crippen LogP contribution is -2.40. The molecule has 3 rings (SSSR count). The second kappa shape index (κ2) is 10.6. The van der Waals surface area contributed by atoms with Crippen LogP contribution in [0, 0.1) is 0 Å². The van der Waals surface area contributed by atoms with Gasteiger partial charge in [-0.05, 0) is 43.3 Å². The average molecular weight is 484 g/mol. The Hall–Kier alpha value is -3.52. The van der Waals surface area contributed by atoms with Crippen LogP contribution in [0.5, 0.6) is 5.75 Å². The number of urea groups is 1. The summed E-state index contributed by atoms with van der Waals surface area (Å²) in [6.07, 6.45) is 0. The lowest BCUT2D eigenvalue weighted by atomic mass is 9.92. The Bertz CT molecular complexity index is 1150. The van der Waals surface area contributed by atoms with Gasteiger partial charge < -0.3 is 20.3 Å². The summed E-state index contributed by atoms with van der Waals surface area (Å²) in [5.74, 6) is 0.824. The molecule has 0 saturated heterocycles. The highest BCUT2D eigenvalue weighted by molar-refractivity contribution is 6.32. The molecule has 0 aliphatic heterocycles. The number of aromatic nitrogens is 2. The van der Waals surface area contributed by atoms with Crippen LogP contribution >= 0.6 is 11.6 Å². The number of nitrogens with one attached hydrogen (secondary N) is 2. The van der Waals surface area contributed by atoms with Gasteiger partial charge >= 0.3 is 6.03 Å². The molecule has 0 saturated carbocycles. The molecule has 180 valence electrons. The highest BCUT2D eigenvalue weighted by Gasteiger charge is 2.23. The summed E-state index contributed by atoms with van der Waals surface area (Å²) in [6, 6.07) is 15.7.